The highest BCUT2D eigenvalue weighted by molar-refractivity contribution is 5.78. The van der Waals surface area contributed by atoms with Gasteiger partial charge in [-0.1, -0.05) is 0 Å². The normalized spacial score (nSPS) is 22.9. The standard InChI is InChI=1S/C18H25N3/c1-12-8-16-17(9-13(12)2)21(18(20-16)15-5-6-15)11-14-4-3-7-19-10-14/h8-9,14-15,19H,3-7,10-11H2,1-2H3. The minimum atomic E-state index is 0.717. The van der Waals surface area contributed by atoms with E-state index in [9.17, 15) is 0 Å². The summed E-state index contributed by atoms with van der Waals surface area (Å²) >= 11 is 0. The molecule has 1 saturated heterocycles. The van der Waals surface area contributed by atoms with Crippen LogP contribution in [-0.2, 0) is 6.54 Å². The Hall–Kier alpha value is -1.35. The fourth-order valence-electron chi connectivity index (χ4n) is 3.58. The summed E-state index contributed by atoms with van der Waals surface area (Å²) in [7, 11) is 0. The summed E-state index contributed by atoms with van der Waals surface area (Å²) < 4.78 is 2.54. The fourth-order valence-corrected chi connectivity index (χ4v) is 3.58. The maximum atomic E-state index is 4.98. The number of hydrogen-bond donors (Lipinski definition) is 1. The number of rotatable bonds is 3. The Morgan fingerprint density at radius 2 is 2.00 bits per heavy atom. The molecule has 1 N–H and O–H groups in total. The van der Waals surface area contributed by atoms with Gasteiger partial charge in [0.15, 0.2) is 0 Å². The number of aryl methyl sites for hydroxylation is 2. The van der Waals surface area contributed by atoms with Crippen molar-refractivity contribution in [1.82, 2.24) is 14.9 Å². The first-order valence-corrected chi connectivity index (χ1v) is 8.40. The lowest BCUT2D eigenvalue weighted by molar-refractivity contribution is 0.337. The number of fused-ring (bicyclic) bond motifs is 1. The van der Waals surface area contributed by atoms with Gasteiger partial charge in [0, 0.05) is 12.5 Å². The molecule has 1 saturated carbocycles. The van der Waals surface area contributed by atoms with Crippen molar-refractivity contribution in [1.29, 1.82) is 0 Å². The third kappa shape index (κ3) is 2.48. The largest absolute Gasteiger partial charge is 0.327 e. The second-order valence-electron chi connectivity index (χ2n) is 6.99. The van der Waals surface area contributed by atoms with Gasteiger partial charge in [-0.2, -0.15) is 0 Å². The maximum Gasteiger partial charge on any atom is 0.113 e. The molecule has 0 bridgehead atoms. The zero-order valence-corrected chi connectivity index (χ0v) is 13.2. The molecule has 3 nitrogen and oxygen atoms in total. The van der Waals surface area contributed by atoms with Gasteiger partial charge < -0.3 is 9.88 Å². The Morgan fingerprint density at radius 1 is 1.19 bits per heavy atom. The predicted molar refractivity (Wildman–Crippen MR) is 86.8 cm³/mol. The van der Waals surface area contributed by atoms with E-state index in [1.807, 2.05) is 0 Å². The predicted octanol–water partition coefficient (Wildman–Crippen LogP) is 3.53. The molecular weight excluding hydrogens is 258 g/mol. The van der Waals surface area contributed by atoms with Gasteiger partial charge in [0.05, 0.1) is 11.0 Å². The summed E-state index contributed by atoms with van der Waals surface area (Å²) in [5.41, 5.74) is 5.29. The molecular formula is C18H25N3. The summed E-state index contributed by atoms with van der Waals surface area (Å²) in [4.78, 5) is 4.98. The zero-order chi connectivity index (χ0) is 14.4. The second kappa shape index (κ2) is 5.13. The van der Waals surface area contributed by atoms with E-state index in [0.717, 1.165) is 24.9 Å². The van der Waals surface area contributed by atoms with Crippen LogP contribution in [0.15, 0.2) is 12.1 Å². The lowest BCUT2D eigenvalue weighted by Crippen LogP contribution is -2.32. The van der Waals surface area contributed by atoms with Crippen molar-refractivity contribution in [2.75, 3.05) is 13.1 Å². The Kier molecular flexibility index (Phi) is 3.26. The smallest absolute Gasteiger partial charge is 0.113 e. The van der Waals surface area contributed by atoms with Crippen molar-refractivity contribution in [3.63, 3.8) is 0 Å². The van der Waals surface area contributed by atoms with E-state index in [4.69, 9.17) is 4.98 Å². The summed E-state index contributed by atoms with van der Waals surface area (Å²) in [5, 5.41) is 3.55. The third-order valence-corrected chi connectivity index (χ3v) is 5.18. The molecule has 1 aromatic heterocycles. The van der Waals surface area contributed by atoms with E-state index in [1.165, 1.54) is 60.2 Å². The van der Waals surface area contributed by atoms with Crippen molar-refractivity contribution in [3.05, 3.63) is 29.1 Å². The molecule has 3 heteroatoms. The van der Waals surface area contributed by atoms with Gasteiger partial charge in [-0.25, -0.2) is 4.98 Å². The SMILES string of the molecule is Cc1cc2nc(C3CC3)n(CC3CCCNC3)c2cc1C. The van der Waals surface area contributed by atoms with E-state index < -0.39 is 0 Å². The number of imidazole rings is 1. The molecule has 2 heterocycles. The highest BCUT2D eigenvalue weighted by Crippen LogP contribution is 2.41. The van der Waals surface area contributed by atoms with E-state index in [2.05, 4.69) is 35.9 Å². The lowest BCUT2D eigenvalue weighted by atomic mass is 9.99. The monoisotopic (exact) mass is 283 g/mol. The molecule has 2 aromatic rings. The summed E-state index contributed by atoms with van der Waals surface area (Å²) in [5.74, 6) is 2.82. The number of hydrogen-bond acceptors (Lipinski definition) is 2. The average molecular weight is 283 g/mol. The number of benzene rings is 1. The van der Waals surface area contributed by atoms with Gasteiger partial charge in [-0.05, 0) is 81.8 Å². The topological polar surface area (TPSA) is 29.9 Å². The molecule has 21 heavy (non-hydrogen) atoms. The van der Waals surface area contributed by atoms with E-state index in [-0.39, 0.29) is 0 Å². The van der Waals surface area contributed by atoms with Crippen LogP contribution in [0.1, 0.15) is 48.6 Å². The highest BCUT2D eigenvalue weighted by atomic mass is 15.1. The molecule has 1 aromatic carbocycles. The van der Waals surface area contributed by atoms with Crippen molar-refractivity contribution < 1.29 is 0 Å². The van der Waals surface area contributed by atoms with Crippen LogP contribution in [0.25, 0.3) is 11.0 Å². The van der Waals surface area contributed by atoms with Gasteiger partial charge in [0.2, 0.25) is 0 Å². The van der Waals surface area contributed by atoms with Gasteiger partial charge in [0.25, 0.3) is 0 Å². The highest BCUT2D eigenvalue weighted by Gasteiger charge is 2.30. The van der Waals surface area contributed by atoms with E-state index >= 15 is 0 Å². The first kappa shape index (κ1) is 13.3. The summed E-state index contributed by atoms with van der Waals surface area (Å²) in [6, 6.07) is 4.62. The van der Waals surface area contributed by atoms with Gasteiger partial charge >= 0.3 is 0 Å². The molecule has 0 radical (unpaired) electrons. The first-order valence-electron chi connectivity index (χ1n) is 8.40. The van der Waals surface area contributed by atoms with Crippen LogP contribution < -0.4 is 5.32 Å². The molecule has 1 unspecified atom stereocenters. The molecule has 1 atom stereocenters. The molecule has 0 amide bonds. The minimum absolute atomic E-state index is 0.717. The molecule has 112 valence electrons. The van der Waals surface area contributed by atoms with Crippen LogP contribution >= 0.6 is 0 Å². The van der Waals surface area contributed by atoms with Crippen molar-refractivity contribution in [2.24, 2.45) is 5.92 Å². The van der Waals surface area contributed by atoms with Crippen LogP contribution in [0.2, 0.25) is 0 Å². The second-order valence-corrected chi connectivity index (χ2v) is 6.99. The number of nitrogens with one attached hydrogen (secondary N) is 1. The van der Waals surface area contributed by atoms with Crippen molar-refractivity contribution in [2.45, 2.75) is 52.0 Å². The van der Waals surface area contributed by atoms with E-state index in [1.54, 1.807) is 0 Å². The molecule has 2 fully saturated rings. The van der Waals surface area contributed by atoms with Gasteiger partial charge in [0.1, 0.15) is 5.82 Å². The van der Waals surface area contributed by atoms with Gasteiger partial charge in [-0.3, -0.25) is 0 Å². The quantitative estimate of drug-likeness (QED) is 0.934. The lowest BCUT2D eigenvalue weighted by Gasteiger charge is -2.24. The number of piperidine rings is 1. The third-order valence-electron chi connectivity index (χ3n) is 5.18. The van der Waals surface area contributed by atoms with Crippen LogP contribution in [-0.4, -0.2) is 22.6 Å². The fraction of sp³-hybridized carbons (Fsp3) is 0.611. The van der Waals surface area contributed by atoms with Crippen molar-refractivity contribution in [3.8, 4) is 0 Å². The number of aromatic nitrogens is 2. The Labute approximate surface area is 126 Å². The number of nitrogens with zero attached hydrogens (tertiary/aromatic N) is 2. The zero-order valence-electron chi connectivity index (χ0n) is 13.2. The van der Waals surface area contributed by atoms with Crippen molar-refractivity contribution >= 4 is 11.0 Å². The molecule has 4 rings (SSSR count). The minimum Gasteiger partial charge on any atom is -0.327 e. The molecule has 0 spiro atoms. The molecule has 1 aliphatic carbocycles. The van der Waals surface area contributed by atoms with Crippen LogP contribution in [0.3, 0.4) is 0 Å². The molecule has 1 aliphatic heterocycles. The summed E-state index contributed by atoms with van der Waals surface area (Å²) in [6.45, 7) is 7.89. The van der Waals surface area contributed by atoms with E-state index in [0.29, 0.717) is 0 Å². The van der Waals surface area contributed by atoms with Crippen LogP contribution in [0.5, 0.6) is 0 Å². The Bertz CT molecular complexity index is 661. The first-order chi connectivity index (χ1) is 10.2. The van der Waals surface area contributed by atoms with Crippen LogP contribution in [0, 0.1) is 19.8 Å². The Morgan fingerprint density at radius 3 is 2.71 bits per heavy atom. The van der Waals surface area contributed by atoms with Crippen LogP contribution in [0.4, 0.5) is 0 Å². The maximum absolute atomic E-state index is 4.98. The van der Waals surface area contributed by atoms with Gasteiger partial charge in [-0.15, -0.1) is 0 Å². The average Bonchev–Trinajstić information content (AvgIpc) is 3.27. The summed E-state index contributed by atoms with van der Waals surface area (Å²) in [6.07, 6.45) is 5.31. The molecule has 2 aliphatic rings. The Balaban J connectivity index is 1.76.